The Hall–Kier alpha value is -3.68. The molecule has 0 aliphatic heterocycles. The molecule has 128 valence electrons. The number of rotatable bonds is 3. The molecule has 2 aromatic carbocycles. The molecule has 4 amide bonds. The molecule has 5 N–H and O–H groups in total. The van der Waals surface area contributed by atoms with E-state index in [9.17, 15) is 19.2 Å². The van der Waals surface area contributed by atoms with E-state index in [1.807, 2.05) is 5.32 Å². The lowest BCUT2D eigenvalue weighted by Crippen LogP contribution is -2.39. The van der Waals surface area contributed by atoms with E-state index < -0.39 is 17.7 Å². The van der Waals surface area contributed by atoms with Crippen LogP contribution in [0.5, 0.6) is 0 Å². The number of nitrogens with two attached hydrogens (primary N) is 1. The second-order valence-electron chi connectivity index (χ2n) is 5.08. The molecule has 0 spiro atoms. The molecule has 2 aromatic rings. The van der Waals surface area contributed by atoms with Crippen molar-refractivity contribution < 1.29 is 19.2 Å². The summed E-state index contributed by atoms with van der Waals surface area (Å²) in [6.45, 7) is 1.37. The summed E-state index contributed by atoms with van der Waals surface area (Å²) in [5.74, 6) is -3.11. The SMILES string of the molecule is CC(=O)Nc1ccc(NC(=O)C(=O)NC(=O)c2ccccc2N)cc1. The van der Waals surface area contributed by atoms with Crippen molar-refractivity contribution in [2.24, 2.45) is 0 Å². The predicted molar refractivity (Wildman–Crippen MR) is 92.7 cm³/mol. The van der Waals surface area contributed by atoms with Gasteiger partial charge < -0.3 is 16.4 Å². The highest BCUT2D eigenvalue weighted by Gasteiger charge is 2.19. The van der Waals surface area contributed by atoms with Crippen molar-refractivity contribution in [1.29, 1.82) is 0 Å². The van der Waals surface area contributed by atoms with Crippen LogP contribution in [-0.4, -0.2) is 23.6 Å². The Labute approximate surface area is 143 Å². The third-order valence-electron chi connectivity index (χ3n) is 3.10. The monoisotopic (exact) mass is 340 g/mol. The molecule has 0 fully saturated rings. The van der Waals surface area contributed by atoms with Gasteiger partial charge in [0.25, 0.3) is 5.91 Å². The van der Waals surface area contributed by atoms with Crippen LogP contribution < -0.4 is 21.7 Å². The predicted octanol–water partition coefficient (Wildman–Crippen LogP) is 1.12. The Morgan fingerprint density at radius 1 is 0.800 bits per heavy atom. The zero-order valence-electron chi connectivity index (χ0n) is 13.3. The number of imide groups is 1. The molecule has 25 heavy (non-hydrogen) atoms. The van der Waals surface area contributed by atoms with E-state index in [0.29, 0.717) is 11.4 Å². The summed E-state index contributed by atoms with van der Waals surface area (Å²) in [7, 11) is 0. The molecule has 0 heterocycles. The molecule has 0 saturated carbocycles. The molecule has 0 aliphatic rings. The molecular formula is C17H16N4O4. The van der Waals surface area contributed by atoms with Crippen LogP contribution in [0.3, 0.4) is 0 Å². The quantitative estimate of drug-likeness (QED) is 0.491. The summed E-state index contributed by atoms with van der Waals surface area (Å²) in [4.78, 5) is 46.5. The van der Waals surface area contributed by atoms with Crippen LogP contribution in [0.4, 0.5) is 17.1 Å². The number of anilines is 3. The van der Waals surface area contributed by atoms with Crippen molar-refractivity contribution in [2.45, 2.75) is 6.92 Å². The zero-order valence-corrected chi connectivity index (χ0v) is 13.3. The Kier molecular flexibility index (Phi) is 5.47. The molecule has 8 nitrogen and oxygen atoms in total. The number of hydrogen-bond acceptors (Lipinski definition) is 5. The first-order valence-corrected chi connectivity index (χ1v) is 7.25. The maximum atomic E-state index is 11.9. The Bertz CT molecular complexity index is 831. The number of nitrogen functional groups attached to an aromatic ring is 1. The zero-order chi connectivity index (χ0) is 18.4. The van der Waals surface area contributed by atoms with Gasteiger partial charge in [-0.25, -0.2) is 0 Å². The fourth-order valence-electron chi connectivity index (χ4n) is 1.96. The highest BCUT2D eigenvalue weighted by atomic mass is 16.2. The van der Waals surface area contributed by atoms with E-state index in [2.05, 4.69) is 10.6 Å². The average molecular weight is 340 g/mol. The minimum Gasteiger partial charge on any atom is -0.398 e. The van der Waals surface area contributed by atoms with Gasteiger partial charge in [0.2, 0.25) is 5.91 Å². The number of carbonyl (C=O) groups excluding carboxylic acids is 4. The first kappa shape index (κ1) is 17.7. The third-order valence-corrected chi connectivity index (χ3v) is 3.10. The molecule has 0 bridgehead atoms. The van der Waals surface area contributed by atoms with Gasteiger partial charge in [-0.1, -0.05) is 12.1 Å². The minimum absolute atomic E-state index is 0.100. The lowest BCUT2D eigenvalue weighted by atomic mass is 10.1. The summed E-state index contributed by atoms with van der Waals surface area (Å²) in [5.41, 5.74) is 6.82. The summed E-state index contributed by atoms with van der Waals surface area (Å²) >= 11 is 0. The lowest BCUT2D eigenvalue weighted by Gasteiger charge is -2.08. The first-order chi connectivity index (χ1) is 11.9. The van der Waals surface area contributed by atoms with Crippen LogP contribution >= 0.6 is 0 Å². The summed E-state index contributed by atoms with van der Waals surface area (Å²) in [6, 6.07) is 12.3. The van der Waals surface area contributed by atoms with Gasteiger partial charge in [-0.3, -0.25) is 24.5 Å². The van der Waals surface area contributed by atoms with Gasteiger partial charge >= 0.3 is 11.8 Å². The number of carbonyl (C=O) groups is 4. The van der Waals surface area contributed by atoms with Crippen LogP contribution in [0.25, 0.3) is 0 Å². The van der Waals surface area contributed by atoms with Gasteiger partial charge in [-0.2, -0.15) is 0 Å². The lowest BCUT2D eigenvalue weighted by molar-refractivity contribution is -0.135. The standard InChI is InChI=1S/C17H16N4O4/c1-10(22)19-11-6-8-12(9-7-11)20-16(24)17(25)21-15(23)13-4-2-3-5-14(13)18/h2-9H,18H2,1H3,(H,19,22)(H,20,24)(H,21,23,25). The second-order valence-corrected chi connectivity index (χ2v) is 5.08. The van der Waals surface area contributed by atoms with E-state index in [0.717, 1.165) is 0 Å². The van der Waals surface area contributed by atoms with E-state index in [4.69, 9.17) is 5.73 Å². The van der Waals surface area contributed by atoms with E-state index in [-0.39, 0.29) is 17.2 Å². The van der Waals surface area contributed by atoms with Gasteiger partial charge in [-0.05, 0) is 36.4 Å². The molecule has 2 rings (SSSR count). The maximum Gasteiger partial charge on any atom is 0.316 e. The fraction of sp³-hybridized carbons (Fsp3) is 0.0588. The Balaban J connectivity index is 1.96. The van der Waals surface area contributed by atoms with Crippen molar-refractivity contribution in [3.63, 3.8) is 0 Å². The highest BCUT2D eigenvalue weighted by molar-refractivity contribution is 6.42. The molecule has 0 aliphatic carbocycles. The molecular weight excluding hydrogens is 324 g/mol. The van der Waals surface area contributed by atoms with Crippen LogP contribution in [0.15, 0.2) is 48.5 Å². The van der Waals surface area contributed by atoms with Crippen molar-refractivity contribution in [2.75, 3.05) is 16.4 Å². The largest absolute Gasteiger partial charge is 0.398 e. The maximum absolute atomic E-state index is 11.9. The minimum atomic E-state index is -1.11. The van der Waals surface area contributed by atoms with Crippen molar-refractivity contribution in [1.82, 2.24) is 5.32 Å². The van der Waals surface area contributed by atoms with E-state index in [1.54, 1.807) is 24.3 Å². The fourth-order valence-corrected chi connectivity index (χ4v) is 1.96. The van der Waals surface area contributed by atoms with Gasteiger partial charge in [0.15, 0.2) is 0 Å². The van der Waals surface area contributed by atoms with Gasteiger partial charge in [0.05, 0.1) is 5.56 Å². The molecule has 0 aromatic heterocycles. The molecule has 0 atom stereocenters. The third kappa shape index (κ3) is 4.90. The number of amides is 4. The van der Waals surface area contributed by atoms with Crippen LogP contribution in [0.1, 0.15) is 17.3 Å². The van der Waals surface area contributed by atoms with Crippen molar-refractivity contribution in [3.05, 3.63) is 54.1 Å². The molecule has 0 radical (unpaired) electrons. The molecule has 8 heteroatoms. The van der Waals surface area contributed by atoms with Crippen LogP contribution in [0.2, 0.25) is 0 Å². The second kappa shape index (κ2) is 7.73. The molecule has 0 unspecified atom stereocenters. The normalized spacial score (nSPS) is 9.80. The number of nitrogens with one attached hydrogen (secondary N) is 3. The van der Waals surface area contributed by atoms with Gasteiger partial charge in [0, 0.05) is 24.0 Å². The van der Waals surface area contributed by atoms with E-state index in [1.165, 1.54) is 31.2 Å². The summed E-state index contributed by atoms with van der Waals surface area (Å²) in [5, 5.41) is 6.88. The highest BCUT2D eigenvalue weighted by Crippen LogP contribution is 2.13. The smallest absolute Gasteiger partial charge is 0.316 e. The van der Waals surface area contributed by atoms with E-state index >= 15 is 0 Å². The summed E-state index contributed by atoms with van der Waals surface area (Å²) in [6.07, 6.45) is 0. The first-order valence-electron chi connectivity index (χ1n) is 7.25. The number of benzene rings is 2. The van der Waals surface area contributed by atoms with Crippen molar-refractivity contribution >= 4 is 40.7 Å². The number of para-hydroxylation sites is 1. The van der Waals surface area contributed by atoms with Crippen LogP contribution in [-0.2, 0) is 14.4 Å². The Morgan fingerprint density at radius 2 is 1.36 bits per heavy atom. The van der Waals surface area contributed by atoms with Crippen LogP contribution in [0, 0.1) is 0 Å². The van der Waals surface area contributed by atoms with Crippen molar-refractivity contribution in [3.8, 4) is 0 Å². The molecule has 0 saturated heterocycles. The van der Waals surface area contributed by atoms with Gasteiger partial charge in [-0.15, -0.1) is 0 Å². The Morgan fingerprint density at radius 3 is 1.92 bits per heavy atom. The summed E-state index contributed by atoms with van der Waals surface area (Å²) < 4.78 is 0. The average Bonchev–Trinajstić information content (AvgIpc) is 2.56. The topological polar surface area (TPSA) is 130 Å². The van der Waals surface area contributed by atoms with Gasteiger partial charge in [0.1, 0.15) is 0 Å². The number of hydrogen-bond donors (Lipinski definition) is 4.